The van der Waals surface area contributed by atoms with E-state index in [1.165, 1.54) is 0 Å². The Morgan fingerprint density at radius 3 is 2.92 bits per heavy atom. The Balaban J connectivity index is 2.58. The fraction of sp³-hybridized carbons (Fsp3) is 0.250. The number of rotatable bonds is 3. The van der Waals surface area contributed by atoms with Gasteiger partial charge in [0.2, 0.25) is 0 Å². The molecule has 0 radical (unpaired) electrons. The molecular weight excluding hydrogens is 152 g/mol. The number of hydrogen-bond acceptors (Lipinski definition) is 4. The average Bonchev–Trinajstić information content (AvgIpc) is 2.09. The molecule has 0 aromatic carbocycles. The van der Waals surface area contributed by atoms with Crippen molar-refractivity contribution < 1.29 is 0 Å². The van der Waals surface area contributed by atoms with Crippen LogP contribution in [0.4, 0.5) is 5.82 Å². The monoisotopic (exact) mass is 164 g/mol. The summed E-state index contributed by atoms with van der Waals surface area (Å²) in [5.74, 6) is 0.445. The third-order valence-corrected chi connectivity index (χ3v) is 1.32. The lowest BCUT2D eigenvalue weighted by atomic mass is 10.3. The topological polar surface area (TPSA) is 63.8 Å². The first kappa shape index (κ1) is 8.67. The third kappa shape index (κ3) is 2.67. The van der Waals surface area contributed by atoms with Crippen LogP contribution in [0.5, 0.6) is 0 Å². The van der Waals surface area contributed by atoms with Crippen LogP contribution in [0.3, 0.4) is 0 Å². The van der Waals surface area contributed by atoms with Gasteiger partial charge in [0.1, 0.15) is 5.82 Å². The number of hydrogen-bond donors (Lipinski definition) is 2. The molecule has 4 heteroatoms. The van der Waals surface area contributed by atoms with Gasteiger partial charge >= 0.3 is 0 Å². The van der Waals surface area contributed by atoms with Crippen LogP contribution in [-0.4, -0.2) is 23.8 Å². The van der Waals surface area contributed by atoms with Gasteiger partial charge in [-0.3, -0.25) is 0 Å². The van der Waals surface area contributed by atoms with E-state index < -0.39 is 0 Å². The van der Waals surface area contributed by atoms with Gasteiger partial charge in [-0.25, -0.2) is 0 Å². The van der Waals surface area contributed by atoms with Gasteiger partial charge in [-0.1, -0.05) is 6.08 Å². The first-order valence-electron chi connectivity index (χ1n) is 3.73. The molecule has 0 aliphatic heterocycles. The smallest absolute Gasteiger partial charge is 0.146 e. The normalized spacial score (nSPS) is 10.8. The van der Waals surface area contributed by atoms with E-state index in [2.05, 4.69) is 15.5 Å². The minimum atomic E-state index is 0.445. The lowest BCUT2D eigenvalue weighted by Gasteiger charge is -1.92. The van der Waals surface area contributed by atoms with Gasteiger partial charge in [-0.2, -0.15) is 0 Å². The zero-order chi connectivity index (χ0) is 8.81. The summed E-state index contributed by atoms with van der Waals surface area (Å²) in [6.45, 7) is 0.825. The molecule has 0 spiro atoms. The van der Waals surface area contributed by atoms with Crippen molar-refractivity contribution in [3.63, 3.8) is 0 Å². The highest BCUT2D eigenvalue weighted by molar-refractivity contribution is 5.45. The average molecular weight is 164 g/mol. The highest BCUT2D eigenvalue weighted by Crippen LogP contribution is 1.98. The van der Waals surface area contributed by atoms with E-state index in [0.29, 0.717) is 5.82 Å². The lowest BCUT2D eigenvalue weighted by Crippen LogP contribution is -2.03. The van der Waals surface area contributed by atoms with E-state index in [0.717, 1.165) is 12.2 Å². The zero-order valence-electron chi connectivity index (χ0n) is 6.99. The summed E-state index contributed by atoms with van der Waals surface area (Å²) in [5, 5.41) is 10.6. The van der Waals surface area contributed by atoms with Crippen LogP contribution in [0.15, 0.2) is 18.2 Å². The van der Waals surface area contributed by atoms with Crippen molar-refractivity contribution >= 4 is 11.9 Å². The van der Waals surface area contributed by atoms with Gasteiger partial charge in [0, 0.05) is 6.54 Å². The van der Waals surface area contributed by atoms with Crippen LogP contribution in [-0.2, 0) is 0 Å². The van der Waals surface area contributed by atoms with E-state index in [9.17, 15) is 0 Å². The molecular formula is C8H12N4. The predicted octanol–water partition coefficient (Wildman–Crippen LogP) is 0.291. The van der Waals surface area contributed by atoms with Crippen LogP contribution < -0.4 is 11.1 Å². The van der Waals surface area contributed by atoms with Gasteiger partial charge < -0.3 is 11.1 Å². The molecule has 0 aliphatic rings. The van der Waals surface area contributed by atoms with Gasteiger partial charge in [-0.05, 0) is 25.3 Å². The molecule has 0 aliphatic carbocycles. The summed E-state index contributed by atoms with van der Waals surface area (Å²) in [6, 6.07) is 3.56. The van der Waals surface area contributed by atoms with Crippen LogP contribution >= 0.6 is 0 Å². The number of nitrogens with two attached hydrogens (primary N) is 1. The molecule has 0 amide bonds. The minimum absolute atomic E-state index is 0.445. The van der Waals surface area contributed by atoms with E-state index in [1.807, 2.05) is 25.3 Å². The van der Waals surface area contributed by atoms with Gasteiger partial charge in [-0.15, -0.1) is 10.2 Å². The first-order chi connectivity index (χ1) is 5.83. The number of likely N-dealkylation sites (N-methyl/N-ethyl adjacent to an activating group) is 1. The Morgan fingerprint density at radius 2 is 2.33 bits per heavy atom. The molecule has 0 saturated carbocycles. The maximum Gasteiger partial charge on any atom is 0.146 e. The second-order valence-corrected chi connectivity index (χ2v) is 2.34. The molecule has 4 nitrogen and oxygen atoms in total. The summed E-state index contributed by atoms with van der Waals surface area (Å²) in [6.07, 6.45) is 3.86. The molecule has 1 aromatic heterocycles. The van der Waals surface area contributed by atoms with E-state index in [1.54, 1.807) is 6.07 Å². The molecule has 0 fully saturated rings. The van der Waals surface area contributed by atoms with Crippen molar-refractivity contribution in [1.29, 1.82) is 0 Å². The third-order valence-electron chi connectivity index (χ3n) is 1.32. The van der Waals surface area contributed by atoms with Gasteiger partial charge in [0.15, 0.2) is 0 Å². The summed E-state index contributed by atoms with van der Waals surface area (Å²) in [4.78, 5) is 0. The van der Waals surface area contributed by atoms with Crippen molar-refractivity contribution in [2.45, 2.75) is 0 Å². The number of aromatic nitrogens is 2. The van der Waals surface area contributed by atoms with Crippen molar-refractivity contribution in [3.8, 4) is 0 Å². The van der Waals surface area contributed by atoms with E-state index >= 15 is 0 Å². The van der Waals surface area contributed by atoms with Crippen molar-refractivity contribution in [2.75, 3.05) is 19.3 Å². The van der Waals surface area contributed by atoms with Gasteiger partial charge in [0.05, 0.1) is 5.69 Å². The maximum atomic E-state index is 5.37. The number of nitrogen functional groups attached to an aromatic ring is 1. The molecule has 0 unspecified atom stereocenters. The first-order valence-corrected chi connectivity index (χ1v) is 3.73. The summed E-state index contributed by atoms with van der Waals surface area (Å²) < 4.78 is 0. The molecule has 1 rings (SSSR count). The highest BCUT2D eigenvalue weighted by Gasteiger charge is 1.88. The maximum absolute atomic E-state index is 5.37. The van der Waals surface area contributed by atoms with Crippen LogP contribution in [0.1, 0.15) is 5.69 Å². The Morgan fingerprint density at radius 1 is 1.50 bits per heavy atom. The molecule has 1 aromatic rings. The van der Waals surface area contributed by atoms with Crippen LogP contribution in [0, 0.1) is 0 Å². The molecule has 0 saturated heterocycles. The second-order valence-electron chi connectivity index (χ2n) is 2.34. The number of anilines is 1. The second kappa shape index (κ2) is 4.46. The number of nitrogens with one attached hydrogen (secondary N) is 1. The molecule has 12 heavy (non-hydrogen) atoms. The van der Waals surface area contributed by atoms with Crippen molar-refractivity contribution in [1.82, 2.24) is 15.5 Å². The van der Waals surface area contributed by atoms with E-state index in [-0.39, 0.29) is 0 Å². The van der Waals surface area contributed by atoms with Crippen molar-refractivity contribution in [2.24, 2.45) is 0 Å². The quantitative estimate of drug-likeness (QED) is 0.674. The lowest BCUT2D eigenvalue weighted by molar-refractivity contribution is 0.921. The Hall–Kier alpha value is -1.42. The molecule has 64 valence electrons. The minimum Gasteiger partial charge on any atom is -0.382 e. The fourth-order valence-corrected chi connectivity index (χ4v) is 0.739. The standard InChI is InChI=1S/C8H12N4/c1-10-6-2-3-7-4-5-8(9)12-11-7/h2-5,10H,6H2,1H3,(H2,9,12). The Labute approximate surface area is 71.5 Å². The predicted molar refractivity (Wildman–Crippen MR) is 49.4 cm³/mol. The van der Waals surface area contributed by atoms with Gasteiger partial charge in [0.25, 0.3) is 0 Å². The molecule has 0 atom stereocenters. The number of nitrogens with zero attached hydrogens (tertiary/aromatic N) is 2. The molecule has 1 heterocycles. The fourth-order valence-electron chi connectivity index (χ4n) is 0.739. The Bertz CT molecular complexity index is 252. The summed E-state index contributed by atoms with van der Waals surface area (Å²) in [7, 11) is 1.89. The molecule has 0 bridgehead atoms. The summed E-state index contributed by atoms with van der Waals surface area (Å²) in [5.41, 5.74) is 6.19. The van der Waals surface area contributed by atoms with E-state index in [4.69, 9.17) is 5.73 Å². The summed E-state index contributed by atoms with van der Waals surface area (Å²) >= 11 is 0. The largest absolute Gasteiger partial charge is 0.382 e. The molecule has 3 N–H and O–H groups in total. The van der Waals surface area contributed by atoms with Crippen LogP contribution in [0.2, 0.25) is 0 Å². The highest BCUT2D eigenvalue weighted by atomic mass is 15.1. The zero-order valence-corrected chi connectivity index (χ0v) is 6.99. The Kier molecular flexibility index (Phi) is 3.22. The van der Waals surface area contributed by atoms with Crippen LogP contribution in [0.25, 0.3) is 6.08 Å². The SMILES string of the molecule is CNCC=Cc1ccc(N)nn1. The van der Waals surface area contributed by atoms with Crippen molar-refractivity contribution in [3.05, 3.63) is 23.9 Å².